The molecular formula is C27H29N3O3S2. The summed E-state index contributed by atoms with van der Waals surface area (Å²) in [6.45, 7) is 6.73. The van der Waals surface area contributed by atoms with Crippen molar-refractivity contribution in [2.24, 2.45) is 0 Å². The van der Waals surface area contributed by atoms with Gasteiger partial charge in [-0.3, -0.25) is 18.9 Å². The van der Waals surface area contributed by atoms with Crippen LogP contribution in [-0.2, 0) is 4.79 Å². The average molecular weight is 508 g/mol. The van der Waals surface area contributed by atoms with Crippen molar-refractivity contribution >= 4 is 45.9 Å². The summed E-state index contributed by atoms with van der Waals surface area (Å²) in [7, 11) is 0. The molecule has 4 rings (SSSR count). The molecule has 1 aliphatic rings. The highest BCUT2D eigenvalue weighted by atomic mass is 32.2. The van der Waals surface area contributed by atoms with Gasteiger partial charge < -0.3 is 4.74 Å². The van der Waals surface area contributed by atoms with E-state index in [1.54, 1.807) is 29.3 Å². The number of hydrogen-bond donors (Lipinski definition) is 0. The summed E-state index contributed by atoms with van der Waals surface area (Å²) in [5.74, 6) is 0.608. The number of fused-ring (bicyclic) bond motifs is 1. The fraction of sp³-hybridized carbons (Fsp3) is 0.333. The van der Waals surface area contributed by atoms with Crippen molar-refractivity contribution in [3.63, 3.8) is 0 Å². The number of nitrogens with zero attached hydrogens (tertiary/aromatic N) is 3. The van der Waals surface area contributed by atoms with Crippen molar-refractivity contribution in [3.05, 3.63) is 74.5 Å². The number of thioether (sulfide) groups is 1. The van der Waals surface area contributed by atoms with Gasteiger partial charge in [-0.05, 0) is 55.7 Å². The molecule has 0 spiro atoms. The molecule has 0 aliphatic carbocycles. The van der Waals surface area contributed by atoms with E-state index in [9.17, 15) is 9.59 Å². The zero-order valence-electron chi connectivity index (χ0n) is 20.2. The molecule has 1 fully saturated rings. The average Bonchev–Trinajstić information content (AvgIpc) is 3.11. The second-order valence-corrected chi connectivity index (χ2v) is 10.3. The summed E-state index contributed by atoms with van der Waals surface area (Å²) in [4.78, 5) is 33.3. The first-order valence-corrected chi connectivity index (χ1v) is 13.1. The number of benzene rings is 1. The summed E-state index contributed by atoms with van der Waals surface area (Å²) in [5.41, 5.74) is 2.41. The van der Waals surface area contributed by atoms with E-state index in [4.69, 9.17) is 17.0 Å². The monoisotopic (exact) mass is 507 g/mol. The molecule has 6 nitrogen and oxygen atoms in total. The van der Waals surface area contributed by atoms with Gasteiger partial charge in [0.1, 0.15) is 21.3 Å². The standard InChI is InChI=1S/C27H29N3O3S2/c1-4-5-6-7-9-16-30-26(32)22(35-27(30)34)17-20-24(33-21-13-11-12-18(2)19(21)3)28-23-14-8-10-15-29(23)25(20)31/h8,10-15,17H,4-7,9,16H2,1-3H3/b22-17+. The Labute approximate surface area is 215 Å². The summed E-state index contributed by atoms with van der Waals surface area (Å²) in [6, 6.07) is 11.1. The lowest BCUT2D eigenvalue weighted by Crippen LogP contribution is -2.29. The number of aromatic nitrogens is 2. The van der Waals surface area contributed by atoms with E-state index in [0.29, 0.717) is 27.2 Å². The predicted octanol–water partition coefficient (Wildman–Crippen LogP) is 6.28. The van der Waals surface area contributed by atoms with Crippen LogP contribution in [0.15, 0.2) is 52.3 Å². The molecule has 1 amide bonds. The number of ether oxygens (including phenoxy) is 1. The van der Waals surface area contributed by atoms with Crippen molar-refractivity contribution < 1.29 is 9.53 Å². The number of aryl methyl sites for hydroxylation is 1. The van der Waals surface area contributed by atoms with E-state index in [1.807, 2.05) is 38.1 Å². The number of rotatable bonds is 9. The first-order valence-electron chi connectivity index (χ1n) is 11.9. The van der Waals surface area contributed by atoms with Crippen molar-refractivity contribution in [1.82, 2.24) is 14.3 Å². The van der Waals surface area contributed by atoms with Crippen LogP contribution >= 0.6 is 24.0 Å². The van der Waals surface area contributed by atoms with E-state index in [-0.39, 0.29) is 22.9 Å². The first-order chi connectivity index (χ1) is 16.9. The lowest BCUT2D eigenvalue weighted by molar-refractivity contribution is -0.122. The van der Waals surface area contributed by atoms with Crippen LogP contribution in [-0.4, -0.2) is 31.1 Å². The van der Waals surface area contributed by atoms with Crippen LogP contribution in [0.4, 0.5) is 0 Å². The Kier molecular flexibility index (Phi) is 8.03. The number of thiocarbonyl (C=S) groups is 1. The Balaban J connectivity index is 1.70. The molecule has 0 atom stereocenters. The molecule has 0 saturated carbocycles. The second kappa shape index (κ2) is 11.2. The van der Waals surface area contributed by atoms with E-state index < -0.39 is 0 Å². The van der Waals surface area contributed by atoms with Gasteiger partial charge in [-0.2, -0.15) is 4.98 Å². The van der Waals surface area contributed by atoms with Gasteiger partial charge >= 0.3 is 0 Å². The molecular weight excluding hydrogens is 478 g/mol. The maximum absolute atomic E-state index is 13.5. The highest BCUT2D eigenvalue weighted by Gasteiger charge is 2.32. The molecule has 182 valence electrons. The Morgan fingerprint density at radius 1 is 1.06 bits per heavy atom. The number of carbonyl (C=O) groups excluding carboxylic acids is 1. The van der Waals surface area contributed by atoms with Gasteiger partial charge in [0.15, 0.2) is 0 Å². The highest BCUT2D eigenvalue weighted by molar-refractivity contribution is 8.26. The summed E-state index contributed by atoms with van der Waals surface area (Å²) < 4.78 is 8.15. The van der Waals surface area contributed by atoms with E-state index in [1.165, 1.54) is 29.0 Å². The van der Waals surface area contributed by atoms with Crippen molar-refractivity contribution in [2.75, 3.05) is 6.54 Å². The fourth-order valence-electron chi connectivity index (χ4n) is 3.92. The second-order valence-electron chi connectivity index (χ2n) is 8.61. The zero-order chi connectivity index (χ0) is 24.9. The quantitative estimate of drug-likeness (QED) is 0.193. The number of carbonyl (C=O) groups is 1. The predicted molar refractivity (Wildman–Crippen MR) is 146 cm³/mol. The Morgan fingerprint density at radius 3 is 2.66 bits per heavy atom. The van der Waals surface area contributed by atoms with Gasteiger partial charge in [0.2, 0.25) is 5.88 Å². The third kappa shape index (κ3) is 5.49. The van der Waals surface area contributed by atoms with Crippen LogP contribution in [0.2, 0.25) is 0 Å². The number of hydrogen-bond acceptors (Lipinski definition) is 6. The minimum atomic E-state index is -0.305. The number of amides is 1. The molecule has 3 heterocycles. The summed E-state index contributed by atoms with van der Waals surface area (Å²) in [6.07, 6.45) is 8.72. The highest BCUT2D eigenvalue weighted by Crippen LogP contribution is 2.35. The molecule has 0 bridgehead atoms. The van der Waals surface area contributed by atoms with Gasteiger partial charge in [0.25, 0.3) is 11.5 Å². The molecule has 0 unspecified atom stereocenters. The SMILES string of the molecule is CCCCCCCN1C(=O)/C(=C\c2c(Oc3cccc(C)c3C)nc3ccccn3c2=O)SC1=S. The Bertz CT molecular complexity index is 1360. The lowest BCUT2D eigenvalue weighted by atomic mass is 10.1. The number of pyridine rings is 1. The van der Waals surface area contributed by atoms with E-state index in [0.717, 1.165) is 30.4 Å². The van der Waals surface area contributed by atoms with Crippen molar-refractivity contribution in [2.45, 2.75) is 52.9 Å². The first kappa shape index (κ1) is 25.1. The minimum absolute atomic E-state index is 0.166. The lowest BCUT2D eigenvalue weighted by Gasteiger charge is -2.14. The van der Waals surface area contributed by atoms with Gasteiger partial charge in [-0.15, -0.1) is 0 Å². The Hall–Kier alpha value is -2.97. The molecule has 2 aromatic heterocycles. The van der Waals surface area contributed by atoms with Crippen LogP contribution in [0.25, 0.3) is 11.7 Å². The largest absolute Gasteiger partial charge is 0.438 e. The normalized spacial score (nSPS) is 14.9. The molecule has 35 heavy (non-hydrogen) atoms. The maximum Gasteiger partial charge on any atom is 0.269 e. The summed E-state index contributed by atoms with van der Waals surface area (Å²) in [5, 5.41) is 0. The smallest absolute Gasteiger partial charge is 0.269 e. The van der Waals surface area contributed by atoms with Crippen molar-refractivity contribution in [3.8, 4) is 11.6 Å². The number of unbranched alkanes of at least 4 members (excludes halogenated alkanes) is 4. The molecule has 0 N–H and O–H groups in total. The van der Waals surface area contributed by atoms with Crippen LogP contribution in [0.5, 0.6) is 11.6 Å². The topological polar surface area (TPSA) is 63.9 Å². The summed E-state index contributed by atoms with van der Waals surface area (Å²) >= 11 is 6.70. The molecule has 3 aromatic rings. The third-order valence-corrected chi connectivity index (χ3v) is 7.51. The van der Waals surface area contributed by atoms with Crippen LogP contribution in [0.1, 0.15) is 55.7 Å². The van der Waals surface area contributed by atoms with Crippen LogP contribution in [0.3, 0.4) is 0 Å². The van der Waals surface area contributed by atoms with Gasteiger partial charge in [0.05, 0.1) is 4.91 Å². The molecule has 8 heteroatoms. The fourth-order valence-corrected chi connectivity index (χ4v) is 5.21. The van der Waals surface area contributed by atoms with Crippen molar-refractivity contribution in [1.29, 1.82) is 0 Å². The van der Waals surface area contributed by atoms with E-state index >= 15 is 0 Å². The van der Waals surface area contributed by atoms with E-state index in [2.05, 4.69) is 11.9 Å². The molecule has 1 aliphatic heterocycles. The minimum Gasteiger partial charge on any atom is -0.438 e. The van der Waals surface area contributed by atoms with Gasteiger partial charge in [0, 0.05) is 12.7 Å². The zero-order valence-corrected chi connectivity index (χ0v) is 21.9. The molecule has 1 aromatic carbocycles. The molecule has 0 radical (unpaired) electrons. The molecule has 1 saturated heterocycles. The third-order valence-electron chi connectivity index (χ3n) is 6.13. The van der Waals surface area contributed by atoms with Gasteiger partial charge in [-0.25, -0.2) is 0 Å². The van der Waals surface area contributed by atoms with Gasteiger partial charge in [-0.1, -0.05) is 74.8 Å². The van der Waals surface area contributed by atoms with Crippen LogP contribution < -0.4 is 10.3 Å². The Morgan fingerprint density at radius 2 is 1.86 bits per heavy atom. The maximum atomic E-state index is 13.5. The van der Waals surface area contributed by atoms with Crippen LogP contribution in [0, 0.1) is 13.8 Å².